The number of hydrogen-bond donors (Lipinski definition) is 0. The molecule has 1 rings (SSSR count). The van der Waals surface area contributed by atoms with Gasteiger partial charge in [0.2, 0.25) is 3.66 Å². The summed E-state index contributed by atoms with van der Waals surface area (Å²) in [7, 11) is 1.25. The zero-order valence-corrected chi connectivity index (χ0v) is 8.07. The maximum atomic E-state index is 11.0. The molecule has 60 valence electrons. The predicted molar refractivity (Wildman–Crippen MR) is 45.4 cm³/mol. The van der Waals surface area contributed by atoms with Crippen molar-refractivity contribution in [2.75, 3.05) is 7.11 Å². The maximum Gasteiger partial charge on any atom is 0.341 e. The first-order chi connectivity index (χ1) is 5.11. The van der Waals surface area contributed by atoms with Crippen LogP contribution in [0.1, 0.15) is 0 Å². The number of rotatable bonds is 1. The molecule has 1 unspecified atom stereocenters. The quantitative estimate of drug-likeness (QED) is 0.389. The molecule has 0 bridgehead atoms. The second-order valence-corrected chi connectivity index (χ2v) is 4.71. The van der Waals surface area contributed by atoms with E-state index in [0.717, 1.165) is 11.8 Å². The second-order valence-electron chi connectivity index (χ2n) is 1.87. The molecule has 1 atom stereocenters. The molecule has 3 nitrogen and oxygen atoms in total. The van der Waals surface area contributed by atoms with Crippen LogP contribution in [0, 0.1) is 0 Å². The van der Waals surface area contributed by atoms with Gasteiger partial charge in [-0.25, -0.2) is 4.79 Å². The van der Waals surface area contributed by atoms with Gasteiger partial charge in [0, 0.05) is 0 Å². The number of carbonyl (C=O) groups is 2. The van der Waals surface area contributed by atoms with Crippen molar-refractivity contribution in [3.63, 3.8) is 0 Å². The lowest BCUT2D eigenvalue weighted by Gasteiger charge is -2.14. The lowest BCUT2D eigenvalue weighted by atomic mass is 10.3. The van der Waals surface area contributed by atoms with Crippen LogP contribution in [0.25, 0.3) is 0 Å². The fraction of sp³-hybridized carbons (Fsp3) is 0.333. The molecule has 0 aromatic rings. The minimum atomic E-state index is -1.22. The van der Waals surface area contributed by atoms with E-state index in [-0.39, 0.29) is 5.78 Å². The number of carbonyl (C=O) groups excluding carboxylic acids is 2. The Balaban J connectivity index is 2.84. The normalized spacial score (nSPS) is 29.1. The zero-order chi connectivity index (χ0) is 8.48. The molecule has 0 aliphatic carbocycles. The highest BCUT2D eigenvalue weighted by Crippen LogP contribution is 2.40. The summed E-state index contributed by atoms with van der Waals surface area (Å²) in [5, 5.41) is 1.56. The lowest BCUT2D eigenvalue weighted by Crippen LogP contribution is -2.34. The van der Waals surface area contributed by atoms with Crippen molar-refractivity contribution < 1.29 is 14.3 Å². The predicted octanol–water partition coefficient (Wildman–Crippen LogP) is 1.08. The smallest absolute Gasteiger partial charge is 0.341 e. The number of ether oxygens (including phenoxy) is 1. The van der Waals surface area contributed by atoms with E-state index in [4.69, 9.17) is 0 Å². The molecule has 0 fully saturated rings. The standard InChI is InChI=1S/C6H5BrO3S/c1-10-5(9)6(7)4(8)2-3-11-6/h2-3H,1H3. The van der Waals surface area contributed by atoms with Crippen LogP contribution in [-0.4, -0.2) is 22.5 Å². The molecule has 1 aliphatic heterocycles. The first kappa shape index (κ1) is 8.80. The van der Waals surface area contributed by atoms with Gasteiger partial charge in [-0.3, -0.25) is 4.79 Å². The molecule has 0 saturated heterocycles. The van der Waals surface area contributed by atoms with Crippen molar-refractivity contribution in [3.05, 3.63) is 11.5 Å². The Labute approximate surface area is 76.3 Å². The fourth-order valence-electron chi connectivity index (χ4n) is 0.635. The number of halogens is 1. The van der Waals surface area contributed by atoms with E-state index in [9.17, 15) is 9.59 Å². The van der Waals surface area contributed by atoms with Crippen molar-refractivity contribution in [1.29, 1.82) is 0 Å². The summed E-state index contributed by atoms with van der Waals surface area (Å²) in [6.07, 6.45) is 1.34. The van der Waals surface area contributed by atoms with Crippen molar-refractivity contribution in [1.82, 2.24) is 0 Å². The Kier molecular flexibility index (Phi) is 2.39. The van der Waals surface area contributed by atoms with Crippen LogP contribution in [0.2, 0.25) is 0 Å². The summed E-state index contributed by atoms with van der Waals surface area (Å²) in [5.74, 6) is -0.855. The molecule has 11 heavy (non-hydrogen) atoms. The number of thioether (sulfide) groups is 1. The SMILES string of the molecule is COC(=O)C1(Br)SC=CC1=O. The fourth-order valence-corrected chi connectivity index (χ4v) is 2.00. The van der Waals surface area contributed by atoms with Crippen LogP contribution in [-0.2, 0) is 14.3 Å². The van der Waals surface area contributed by atoms with Crippen LogP contribution in [0.15, 0.2) is 11.5 Å². The molecule has 0 aromatic carbocycles. The van der Waals surface area contributed by atoms with Gasteiger partial charge in [-0.15, -0.1) is 0 Å². The minimum Gasteiger partial charge on any atom is -0.467 e. The van der Waals surface area contributed by atoms with Crippen molar-refractivity contribution >= 4 is 39.4 Å². The van der Waals surface area contributed by atoms with Crippen LogP contribution < -0.4 is 0 Å². The Hall–Kier alpha value is -0.290. The number of ketones is 1. The van der Waals surface area contributed by atoms with E-state index < -0.39 is 9.63 Å². The molecule has 5 heteroatoms. The van der Waals surface area contributed by atoms with Gasteiger partial charge < -0.3 is 4.74 Å². The average Bonchev–Trinajstić information content (AvgIpc) is 2.32. The van der Waals surface area contributed by atoms with Gasteiger partial charge in [0.1, 0.15) is 0 Å². The van der Waals surface area contributed by atoms with E-state index in [0.29, 0.717) is 0 Å². The number of hydrogen-bond acceptors (Lipinski definition) is 4. The molecular weight excluding hydrogens is 232 g/mol. The highest BCUT2D eigenvalue weighted by Gasteiger charge is 2.46. The first-order valence-corrected chi connectivity index (χ1v) is 4.44. The zero-order valence-electron chi connectivity index (χ0n) is 5.67. The van der Waals surface area contributed by atoms with Crippen LogP contribution in [0.4, 0.5) is 0 Å². The molecule has 1 aliphatic rings. The first-order valence-electron chi connectivity index (χ1n) is 2.77. The van der Waals surface area contributed by atoms with E-state index in [1.807, 2.05) is 0 Å². The molecule has 0 saturated carbocycles. The molecule has 0 amide bonds. The van der Waals surface area contributed by atoms with E-state index in [2.05, 4.69) is 20.7 Å². The summed E-state index contributed by atoms with van der Waals surface area (Å²) in [6, 6.07) is 0. The van der Waals surface area contributed by atoms with E-state index >= 15 is 0 Å². The Morgan fingerprint density at radius 2 is 2.45 bits per heavy atom. The summed E-state index contributed by atoms with van der Waals surface area (Å²) in [5.41, 5.74) is 0. The molecular formula is C6H5BrO3S. The maximum absolute atomic E-state index is 11.0. The van der Waals surface area contributed by atoms with Crippen molar-refractivity contribution in [2.45, 2.75) is 3.66 Å². The molecule has 1 heterocycles. The molecule has 0 N–H and O–H groups in total. The molecule has 0 radical (unpaired) electrons. The Bertz CT molecular complexity index is 238. The van der Waals surface area contributed by atoms with Crippen LogP contribution in [0.5, 0.6) is 0 Å². The van der Waals surface area contributed by atoms with Gasteiger partial charge in [0.25, 0.3) is 0 Å². The van der Waals surface area contributed by atoms with Gasteiger partial charge in [-0.2, -0.15) is 0 Å². The van der Waals surface area contributed by atoms with Gasteiger partial charge in [0.05, 0.1) is 7.11 Å². The average molecular weight is 237 g/mol. The van der Waals surface area contributed by atoms with Crippen molar-refractivity contribution in [2.24, 2.45) is 0 Å². The highest BCUT2D eigenvalue weighted by atomic mass is 79.9. The summed E-state index contributed by atoms with van der Waals surface area (Å²) in [4.78, 5) is 22.0. The number of esters is 1. The van der Waals surface area contributed by atoms with Gasteiger partial charge in [0.15, 0.2) is 5.78 Å². The highest BCUT2D eigenvalue weighted by molar-refractivity contribution is 9.12. The summed E-state index contributed by atoms with van der Waals surface area (Å²) in [6.45, 7) is 0. The largest absolute Gasteiger partial charge is 0.467 e. The lowest BCUT2D eigenvalue weighted by molar-refractivity contribution is -0.142. The minimum absolute atomic E-state index is 0.283. The second kappa shape index (κ2) is 2.98. The van der Waals surface area contributed by atoms with Crippen LogP contribution in [0.3, 0.4) is 0 Å². The Morgan fingerprint density at radius 3 is 2.82 bits per heavy atom. The third-order valence-electron chi connectivity index (χ3n) is 1.21. The molecule has 0 aromatic heterocycles. The van der Waals surface area contributed by atoms with Gasteiger partial charge in [-0.1, -0.05) is 27.7 Å². The number of allylic oxidation sites excluding steroid dienone is 1. The third-order valence-corrected chi connectivity index (χ3v) is 3.45. The van der Waals surface area contributed by atoms with Crippen LogP contribution >= 0.6 is 27.7 Å². The molecule has 0 spiro atoms. The van der Waals surface area contributed by atoms with Crippen molar-refractivity contribution in [3.8, 4) is 0 Å². The topological polar surface area (TPSA) is 43.4 Å². The van der Waals surface area contributed by atoms with E-state index in [1.54, 1.807) is 5.41 Å². The number of methoxy groups -OCH3 is 1. The monoisotopic (exact) mass is 236 g/mol. The third kappa shape index (κ3) is 1.35. The van der Waals surface area contributed by atoms with Gasteiger partial charge in [-0.05, 0) is 11.5 Å². The summed E-state index contributed by atoms with van der Waals surface area (Å²) < 4.78 is 3.22. The van der Waals surface area contributed by atoms with E-state index in [1.165, 1.54) is 13.2 Å². The summed E-state index contributed by atoms with van der Waals surface area (Å²) >= 11 is 4.11. The Morgan fingerprint density at radius 1 is 1.82 bits per heavy atom. The van der Waals surface area contributed by atoms with Gasteiger partial charge >= 0.3 is 5.97 Å². The number of alkyl halides is 1.